The van der Waals surface area contributed by atoms with Gasteiger partial charge in [0.05, 0.1) is 0 Å². The lowest BCUT2D eigenvalue weighted by molar-refractivity contribution is -0.112. The van der Waals surface area contributed by atoms with Gasteiger partial charge in [-0.1, -0.05) is 32.0 Å². The van der Waals surface area contributed by atoms with Gasteiger partial charge in [0, 0.05) is 35.6 Å². The summed E-state index contributed by atoms with van der Waals surface area (Å²) in [5.41, 5.74) is 3.70. The summed E-state index contributed by atoms with van der Waals surface area (Å²) in [6.07, 6.45) is 3.43. The van der Waals surface area contributed by atoms with Crippen LogP contribution in [0.3, 0.4) is 0 Å². The van der Waals surface area contributed by atoms with Crippen LogP contribution < -0.4 is 19.7 Å². The lowest BCUT2D eigenvalue weighted by atomic mass is 9.83. The summed E-state index contributed by atoms with van der Waals surface area (Å²) in [6, 6.07) is 15.4. The van der Waals surface area contributed by atoms with Crippen molar-refractivity contribution < 1.29 is 14.3 Å². The maximum absolute atomic E-state index is 12.7. The molecule has 0 radical (unpaired) electrons. The summed E-state index contributed by atoms with van der Waals surface area (Å²) in [5.74, 6) is 0.754. The number of benzene rings is 2. The van der Waals surface area contributed by atoms with Gasteiger partial charge < -0.3 is 19.7 Å². The van der Waals surface area contributed by atoms with Crippen LogP contribution in [-0.4, -0.2) is 26.2 Å². The minimum absolute atomic E-state index is 0.0255. The third kappa shape index (κ3) is 3.39. The van der Waals surface area contributed by atoms with Crippen LogP contribution in [0, 0.1) is 11.3 Å². The van der Waals surface area contributed by atoms with Crippen molar-refractivity contribution in [3.63, 3.8) is 0 Å². The Morgan fingerprint density at radius 1 is 1.17 bits per heavy atom. The molecule has 0 atom stereocenters. The van der Waals surface area contributed by atoms with Crippen LogP contribution in [0.2, 0.25) is 0 Å². The number of carbonyl (C=O) groups excluding carboxylic acids is 1. The fraction of sp³-hybridized carbons (Fsp3) is 0.250. The molecule has 152 valence electrons. The Kier molecular flexibility index (Phi) is 4.96. The monoisotopic (exact) mass is 401 g/mol. The topological polar surface area (TPSA) is 74.6 Å². The van der Waals surface area contributed by atoms with Crippen molar-refractivity contribution >= 4 is 17.3 Å². The molecule has 2 aliphatic rings. The molecule has 1 amide bonds. The molecule has 0 aromatic heterocycles. The van der Waals surface area contributed by atoms with Gasteiger partial charge in [-0.05, 0) is 35.9 Å². The number of nitriles is 1. The summed E-state index contributed by atoms with van der Waals surface area (Å²) < 4.78 is 11.0. The van der Waals surface area contributed by atoms with E-state index in [-0.39, 0.29) is 11.0 Å². The van der Waals surface area contributed by atoms with Crippen LogP contribution in [-0.2, 0) is 10.2 Å². The number of hydrogen-bond donors (Lipinski definition) is 1. The van der Waals surface area contributed by atoms with Crippen LogP contribution in [0.5, 0.6) is 11.5 Å². The molecule has 2 aromatic carbocycles. The first-order valence-corrected chi connectivity index (χ1v) is 9.78. The Hall–Kier alpha value is -3.72. The van der Waals surface area contributed by atoms with E-state index in [2.05, 4.69) is 36.2 Å². The smallest absolute Gasteiger partial charge is 0.266 e. The molecular formula is C24H23N3O3. The number of hydrogen-bond acceptors (Lipinski definition) is 5. The van der Waals surface area contributed by atoms with Crippen molar-refractivity contribution in [2.45, 2.75) is 19.3 Å². The van der Waals surface area contributed by atoms with E-state index in [4.69, 9.17) is 9.47 Å². The Balaban J connectivity index is 1.57. The van der Waals surface area contributed by atoms with Crippen LogP contribution >= 0.6 is 0 Å². The van der Waals surface area contributed by atoms with Gasteiger partial charge in [0.1, 0.15) is 24.9 Å². The van der Waals surface area contributed by atoms with Crippen molar-refractivity contribution in [1.82, 2.24) is 0 Å². The fourth-order valence-electron chi connectivity index (χ4n) is 3.95. The van der Waals surface area contributed by atoms with Gasteiger partial charge in [-0.2, -0.15) is 5.26 Å². The molecule has 0 unspecified atom stereocenters. The molecule has 0 bridgehead atoms. The van der Waals surface area contributed by atoms with E-state index in [9.17, 15) is 10.1 Å². The van der Waals surface area contributed by atoms with Crippen molar-refractivity contribution in [1.29, 1.82) is 5.26 Å². The summed E-state index contributed by atoms with van der Waals surface area (Å²) in [4.78, 5) is 14.8. The Morgan fingerprint density at radius 2 is 1.90 bits per heavy atom. The Labute approximate surface area is 176 Å². The number of fused-ring (bicyclic) bond motifs is 2. The molecule has 0 saturated carbocycles. The third-order valence-corrected chi connectivity index (χ3v) is 5.51. The van der Waals surface area contributed by atoms with Gasteiger partial charge in [-0.15, -0.1) is 0 Å². The van der Waals surface area contributed by atoms with Crippen molar-refractivity contribution in [2.24, 2.45) is 0 Å². The number of amides is 1. The molecule has 2 aromatic rings. The van der Waals surface area contributed by atoms with E-state index in [1.165, 1.54) is 5.56 Å². The number of likely N-dealkylation sites (N-methyl/N-ethyl adjacent to an activating group) is 1. The van der Waals surface area contributed by atoms with Gasteiger partial charge in [0.15, 0.2) is 11.5 Å². The number of para-hydroxylation sites is 1. The first-order valence-electron chi connectivity index (χ1n) is 9.78. The molecule has 4 rings (SSSR count). The maximum Gasteiger partial charge on any atom is 0.266 e. The van der Waals surface area contributed by atoms with Crippen LogP contribution in [0.15, 0.2) is 65.9 Å². The second-order valence-electron chi connectivity index (χ2n) is 7.76. The molecular weight excluding hydrogens is 378 g/mol. The molecule has 6 heteroatoms. The minimum atomic E-state index is -0.470. The largest absolute Gasteiger partial charge is 0.486 e. The van der Waals surface area contributed by atoms with Crippen LogP contribution in [0.4, 0.5) is 11.4 Å². The van der Waals surface area contributed by atoms with E-state index in [1.54, 1.807) is 24.3 Å². The summed E-state index contributed by atoms with van der Waals surface area (Å²) in [7, 11) is 1.99. The number of carbonyl (C=O) groups is 1. The highest BCUT2D eigenvalue weighted by atomic mass is 16.6. The lowest BCUT2D eigenvalue weighted by Gasteiger charge is -2.23. The van der Waals surface area contributed by atoms with Crippen molar-refractivity contribution in [2.75, 3.05) is 30.5 Å². The average molecular weight is 401 g/mol. The number of nitrogens with zero attached hydrogens (tertiary/aromatic N) is 2. The van der Waals surface area contributed by atoms with Crippen LogP contribution in [0.1, 0.15) is 19.4 Å². The quantitative estimate of drug-likeness (QED) is 0.618. The number of allylic oxidation sites excluding steroid dienone is 3. The Morgan fingerprint density at radius 3 is 2.63 bits per heavy atom. The second-order valence-corrected chi connectivity index (χ2v) is 7.76. The van der Waals surface area contributed by atoms with E-state index >= 15 is 0 Å². The summed E-state index contributed by atoms with van der Waals surface area (Å²) >= 11 is 0. The van der Waals surface area contributed by atoms with E-state index in [1.807, 2.05) is 31.3 Å². The molecule has 30 heavy (non-hydrogen) atoms. The molecule has 0 saturated heterocycles. The van der Waals surface area contributed by atoms with Gasteiger partial charge in [-0.25, -0.2) is 0 Å². The zero-order chi connectivity index (χ0) is 21.3. The van der Waals surface area contributed by atoms with Gasteiger partial charge >= 0.3 is 0 Å². The number of ether oxygens (including phenoxy) is 2. The molecule has 0 aliphatic carbocycles. The van der Waals surface area contributed by atoms with Crippen molar-refractivity contribution in [3.8, 4) is 17.6 Å². The van der Waals surface area contributed by atoms with Gasteiger partial charge in [0.2, 0.25) is 0 Å². The predicted molar refractivity (Wildman–Crippen MR) is 116 cm³/mol. The van der Waals surface area contributed by atoms with Gasteiger partial charge in [-0.3, -0.25) is 4.79 Å². The highest BCUT2D eigenvalue weighted by Crippen LogP contribution is 2.46. The predicted octanol–water partition coefficient (Wildman–Crippen LogP) is 4.16. The molecule has 0 fully saturated rings. The van der Waals surface area contributed by atoms with Crippen LogP contribution in [0.25, 0.3) is 0 Å². The summed E-state index contributed by atoms with van der Waals surface area (Å²) in [6.45, 7) is 5.24. The highest BCUT2D eigenvalue weighted by molar-refractivity contribution is 6.06. The number of rotatable bonds is 3. The number of nitrogens with one attached hydrogen (secondary N) is 1. The highest BCUT2D eigenvalue weighted by Gasteiger charge is 2.37. The molecule has 6 nitrogen and oxygen atoms in total. The normalized spacial score (nSPS) is 18.0. The van der Waals surface area contributed by atoms with Gasteiger partial charge in [0.25, 0.3) is 5.91 Å². The fourth-order valence-corrected chi connectivity index (χ4v) is 3.95. The zero-order valence-electron chi connectivity index (χ0n) is 17.2. The van der Waals surface area contributed by atoms with E-state index in [0.29, 0.717) is 30.4 Å². The first kappa shape index (κ1) is 19.6. The molecule has 2 heterocycles. The zero-order valence-corrected chi connectivity index (χ0v) is 17.2. The minimum Gasteiger partial charge on any atom is -0.486 e. The third-order valence-electron chi connectivity index (χ3n) is 5.51. The summed E-state index contributed by atoms with van der Waals surface area (Å²) in [5, 5.41) is 12.3. The molecule has 0 spiro atoms. The Bertz CT molecular complexity index is 1110. The van der Waals surface area contributed by atoms with E-state index < -0.39 is 5.91 Å². The first-order chi connectivity index (χ1) is 14.4. The van der Waals surface area contributed by atoms with E-state index in [0.717, 1.165) is 11.4 Å². The standard InChI is InChI=1S/C24H23N3O3/c1-24(2)18-6-4-5-7-19(18)27(3)22(24)11-8-16(15-25)23(28)26-17-9-10-20-21(14-17)30-13-12-29-20/h4-11,14H,12-13H2,1-3H3,(H,26,28)/b16-8+,22-11-. The molecule has 2 aliphatic heterocycles. The van der Waals surface area contributed by atoms with Crippen molar-refractivity contribution in [3.05, 3.63) is 71.5 Å². The number of anilines is 2. The SMILES string of the molecule is CN1/C(=C\C=C(/C#N)C(=O)Nc2ccc3c(c2)OCCO3)C(C)(C)c2ccccc21. The second kappa shape index (κ2) is 7.60. The average Bonchev–Trinajstić information content (AvgIpc) is 2.94. The molecule has 1 N–H and O–H groups in total. The lowest BCUT2D eigenvalue weighted by Crippen LogP contribution is -2.22. The maximum atomic E-state index is 12.7.